The Hall–Kier alpha value is -3.01. The third-order valence-corrected chi connectivity index (χ3v) is 3.95. The van der Waals surface area contributed by atoms with E-state index in [0.29, 0.717) is 0 Å². The smallest absolute Gasteiger partial charge is 0.441 e. The number of anilines is 1. The third-order valence-electron chi connectivity index (χ3n) is 3.72. The Bertz CT molecular complexity index is 880. The normalized spacial score (nSPS) is 13.2. The molecular weight excluding hydrogens is 415 g/mol. The minimum atomic E-state index is -5.30. The molecule has 2 aromatic rings. The van der Waals surface area contributed by atoms with E-state index < -0.39 is 23.7 Å². The van der Waals surface area contributed by atoms with Gasteiger partial charge in [0.1, 0.15) is 5.75 Å². The molecular formula is C18H17ClF3N3O4. The van der Waals surface area contributed by atoms with Gasteiger partial charge in [-0.2, -0.15) is 13.2 Å². The number of hydrogen-bond acceptors (Lipinski definition) is 6. The third kappa shape index (κ3) is 4.89. The monoisotopic (exact) mass is 431 g/mol. The largest absolute Gasteiger partial charge is 0.495 e. The van der Waals surface area contributed by atoms with Gasteiger partial charge in [-0.05, 0) is 37.3 Å². The number of nitrogens with zero attached hydrogens (tertiary/aromatic N) is 1. The van der Waals surface area contributed by atoms with E-state index in [1.54, 1.807) is 5.32 Å². The van der Waals surface area contributed by atoms with Crippen molar-refractivity contribution in [2.24, 2.45) is 0 Å². The highest BCUT2D eigenvalue weighted by Gasteiger charge is 2.64. The fraction of sp³-hybridized carbons (Fsp3) is 0.278. The highest BCUT2D eigenvalue weighted by atomic mass is 35.5. The van der Waals surface area contributed by atoms with Crippen LogP contribution in [0.15, 0.2) is 42.7 Å². The molecule has 0 aliphatic carbocycles. The SMILES string of the molecule is CCOC(=O)C(NC(=O)c1cccnc1)(Nc1cc(Cl)ccc1OC)C(F)(F)F. The summed E-state index contributed by atoms with van der Waals surface area (Å²) in [6, 6.07) is 6.42. The number of aromatic nitrogens is 1. The van der Waals surface area contributed by atoms with Crippen molar-refractivity contribution in [1.82, 2.24) is 10.3 Å². The molecule has 1 aromatic carbocycles. The number of halogens is 4. The number of ether oxygens (including phenoxy) is 2. The van der Waals surface area contributed by atoms with E-state index in [9.17, 15) is 22.8 Å². The molecule has 1 unspecified atom stereocenters. The summed E-state index contributed by atoms with van der Waals surface area (Å²) in [7, 11) is 1.22. The first-order valence-electron chi connectivity index (χ1n) is 8.22. The Kier molecular flexibility index (Phi) is 6.91. The molecule has 0 aliphatic heterocycles. The quantitative estimate of drug-likeness (QED) is 0.516. The van der Waals surface area contributed by atoms with Crippen molar-refractivity contribution in [3.05, 3.63) is 53.3 Å². The minimum Gasteiger partial charge on any atom is -0.495 e. The average Bonchev–Trinajstić information content (AvgIpc) is 2.67. The molecule has 1 amide bonds. The van der Waals surface area contributed by atoms with Gasteiger partial charge >= 0.3 is 17.8 Å². The summed E-state index contributed by atoms with van der Waals surface area (Å²) < 4.78 is 52.2. The second kappa shape index (κ2) is 8.99. The van der Waals surface area contributed by atoms with Crippen molar-refractivity contribution in [3.8, 4) is 5.75 Å². The maximum Gasteiger partial charge on any atom is 0.441 e. The number of amides is 1. The zero-order valence-corrected chi connectivity index (χ0v) is 16.1. The van der Waals surface area contributed by atoms with Crippen molar-refractivity contribution in [2.75, 3.05) is 19.0 Å². The zero-order chi connectivity index (χ0) is 21.7. The van der Waals surface area contributed by atoms with E-state index in [-0.39, 0.29) is 28.6 Å². The van der Waals surface area contributed by atoms with E-state index in [1.807, 2.05) is 5.32 Å². The van der Waals surface area contributed by atoms with Gasteiger partial charge in [0.05, 0.1) is 25.0 Å². The van der Waals surface area contributed by atoms with E-state index in [1.165, 1.54) is 44.5 Å². The molecule has 29 heavy (non-hydrogen) atoms. The van der Waals surface area contributed by atoms with Crippen LogP contribution in [0, 0.1) is 0 Å². The van der Waals surface area contributed by atoms with Gasteiger partial charge in [-0.1, -0.05) is 11.6 Å². The molecule has 0 spiro atoms. The maximum absolute atomic E-state index is 14.2. The summed E-state index contributed by atoms with van der Waals surface area (Å²) in [4.78, 5) is 28.6. The van der Waals surface area contributed by atoms with Crippen molar-refractivity contribution in [3.63, 3.8) is 0 Å². The molecule has 156 valence electrons. The molecule has 1 atom stereocenters. The molecule has 0 fully saturated rings. The predicted octanol–water partition coefficient (Wildman–Crippen LogP) is 3.41. The number of carbonyl (C=O) groups is 2. The molecule has 0 saturated heterocycles. The Morgan fingerprint density at radius 2 is 1.97 bits per heavy atom. The van der Waals surface area contributed by atoms with Crippen LogP contribution in [-0.4, -0.2) is 42.4 Å². The minimum absolute atomic E-state index is 0.0389. The van der Waals surface area contributed by atoms with Crippen LogP contribution in [-0.2, 0) is 9.53 Å². The van der Waals surface area contributed by atoms with Crippen LogP contribution in [0.1, 0.15) is 17.3 Å². The number of methoxy groups -OCH3 is 1. The lowest BCUT2D eigenvalue weighted by molar-refractivity contribution is -0.204. The number of rotatable bonds is 7. The number of alkyl halides is 3. The fourth-order valence-electron chi connectivity index (χ4n) is 2.35. The van der Waals surface area contributed by atoms with Crippen LogP contribution in [0.2, 0.25) is 5.02 Å². The topological polar surface area (TPSA) is 89.5 Å². The van der Waals surface area contributed by atoms with Crippen molar-refractivity contribution in [1.29, 1.82) is 0 Å². The van der Waals surface area contributed by atoms with Gasteiger partial charge in [-0.15, -0.1) is 0 Å². The van der Waals surface area contributed by atoms with E-state index in [4.69, 9.17) is 16.3 Å². The van der Waals surface area contributed by atoms with Gasteiger partial charge in [0.15, 0.2) is 0 Å². The predicted molar refractivity (Wildman–Crippen MR) is 98.7 cm³/mol. The second-order valence-electron chi connectivity index (χ2n) is 5.63. The molecule has 2 rings (SSSR count). The molecule has 0 saturated carbocycles. The summed E-state index contributed by atoms with van der Waals surface area (Å²) in [6.07, 6.45) is -2.90. The van der Waals surface area contributed by atoms with Crippen LogP contribution in [0.25, 0.3) is 0 Å². The summed E-state index contributed by atoms with van der Waals surface area (Å²) in [5, 5.41) is 3.79. The lowest BCUT2D eigenvalue weighted by Crippen LogP contribution is -2.69. The van der Waals surface area contributed by atoms with Crippen molar-refractivity contribution in [2.45, 2.75) is 18.8 Å². The van der Waals surface area contributed by atoms with Gasteiger partial charge in [-0.25, -0.2) is 4.79 Å². The van der Waals surface area contributed by atoms with Crippen LogP contribution < -0.4 is 15.4 Å². The maximum atomic E-state index is 14.2. The number of pyridine rings is 1. The fourth-order valence-corrected chi connectivity index (χ4v) is 2.52. The van der Waals surface area contributed by atoms with Gasteiger partial charge < -0.3 is 20.1 Å². The van der Waals surface area contributed by atoms with Crippen LogP contribution in [0.5, 0.6) is 5.75 Å². The first-order valence-corrected chi connectivity index (χ1v) is 8.60. The Morgan fingerprint density at radius 1 is 1.24 bits per heavy atom. The summed E-state index contributed by atoms with van der Waals surface area (Å²) >= 11 is 5.87. The molecule has 1 heterocycles. The summed E-state index contributed by atoms with van der Waals surface area (Å²) in [6.45, 7) is 0.982. The van der Waals surface area contributed by atoms with E-state index in [0.717, 1.165) is 12.3 Å². The van der Waals surface area contributed by atoms with Gasteiger partial charge in [0.25, 0.3) is 5.91 Å². The Labute approximate surface area is 169 Å². The molecule has 2 N–H and O–H groups in total. The summed E-state index contributed by atoms with van der Waals surface area (Å²) in [5.41, 5.74) is -4.09. The Balaban J connectivity index is 2.58. The number of benzene rings is 1. The lowest BCUT2D eigenvalue weighted by atomic mass is 10.1. The number of hydrogen-bond donors (Lipinski definition) is 2. The van der Waals surface area contributed by atoms with Crippen LogP contribution in [0.3, 0.4) is 0 Å². The molecule has 11 heteroatoms. The van der Waals surface area contributed by atoms with Crippen molar-refractivity contribution >= 4 is 29.2 Å². The molecule has 0 aliphatic rings. The van der Waals surface area contributed by atoms with Crippen molar-refractivity contribution < 1.29 is 32.2 Å². The lowest BCUT2D eigenvalue weighted by Gasteiger charge is -2.35. The first-order chi connectivity index (χ1) is 13.6. The molecule has 0 radical (unpaired) electrons. The standard InChI is InChI=1S/C18H17ClF3N3O4/c1-3-29-16(27)17(18(20,21)22,25-15(26)11-5-4-8-23-10-11)24-13-9-12(19)6-7-14(13)28-2/h4-10,24H,3H2,1-2H3,(H,25,26). The molecule has 1 aromatic heterocycles. The van der Waals surface area contributed by atoms with Gasteiger partial charge in [-0.3, -0.25) is 9.78 Å². The van der Waals surface area contributed by atoms with Gasteiger partial charge in [0.2, 0.25) is 0 Å². The second-order valence-corrected chi connectivity index (χ2v) is 6.07. The molecule has 0 bridgehead atoms. The van der Waals surface area contributed by atoms with Crippen LogP contribution >= 0.6 is 11.6 Å². The van der Waals surface area contributed by atoms with E-state index in [2.05, 4.69) is 9.72 Å². The number of carbonyl (C=O) groups excluding carboxylic acids is 2. The number of nitrogens with one attached hydrogen (secondary N) is 2. The van der Waals surface area contributed by atoms with Gasteiger partial charge in [0, 0.05) is 17.4 Å². The summed E-state index contributed by atoms with van der Waals surface area (Å²) in [5.74, 6) is -2.99. The Morgan fingerprint density at radius 3 is 2.52 bits per heavy atom. The first kappa shape index (κ1) is 22.3. The average molecular weight is 432 g/mol. The van der Waals surface area contributed by atoms with Crippen LogP contribution in [0.4, 0.5) is 18.9 Å². The van der Waals surface area contributed by atoms with E-state index >= 15 is 0 Å². The highest BCUT2D eigenvalue weighted by molar-refractivity contribution is 6.31. The number of esters is 1. The zero-order valence-electron chi connectivity index (χ0n) is 15.3. The molecule has 7 nitrogen and oxygen atoms in total. The highest BCUT2D eigenvalue weighted by Crippen LogP contribution is 2.37.